The van der Waals surface area contributed by atoms with E-state index in [0.717, 1.165) is 5.69 Å². The van der Waals surface area contributed by atoms with Crippen LogP contribution < -0.4 is 10.6 Å². The maximum absolute atomic E-state index is 5.42. The van der Waals surface area contributed by atoms with Crippen molar-refractivity contribution in [2.75, 3.05) is 5.32 Å². The van der Waals surface area contributed by atoms with E-state index in [1.165, 1.54) is 6.33 Å². The van der Waals surface area contributed by atoms with Crippen LogP contribution >= 0.6 is 0 Å². The fraction of sp³-hybridized carbons (Fsp3) is 0.455. The van der Waals surface area contributed by atoms with Gasteiger partial charge in [-0.1, -0.05) is 18.9 Å². The van der Waals surface area contributed by atoms with Crippen molar-refractivity contribution in [3.8, 4) is 0 Å². The van der Waals surface area contributed by atoms with Gasteiger partial charge in [0.1, 0.15) is 6.33 Å². The molecule has 7 nitrogen and oxygen atoms in total. The molecule has 18 heavy (non-hydrogen) atoms. The number of aromatic nitrogens is 4. The molecule has 0 aliphatic rings. The van der Waals surface area contributed by atoms with Crippen molar-refractivity contribution in [2.24, 2.45) is 0 Å². The smallest absolute Gasteiger partial charge is 0.315 e. The molecule has 0 unspecified atom stereocenters. The first-order valence-electron chi connectivity index (χ1n) is 5.78. The molecule has 2 heterocycles. The molecule has 0 bridgehead atoms. The predicted molar refractivity (Wildman–Crippen MR) is 65.6 cm³/mol. The normalized spacial score (nSPS) is 10.8. The van der Waals surface area contributed by atoms with Crippen LogP contribution in [0.15, 0.2) is 23.0 Å². The maximum atomic E-state index is 5.42. The summed E-state index contributed by atoms with van der Waals surface area (Å²) < 4.78 is 5.42. The van der Waals surface area contributed by atoms with Crippen molar-refractivity contribution in [1.82, 2.24) is 25.5 Å². The van der Waals surface area contributed by atoms with Gasteiger partial charge in [0.25, 0.3) is 0 Å². The van der Waals surface area contributed by atoms with Crippen LogP contribution in [0.25, 0.3) is 0 Å². The Morgan fingerprint density at radius 2 is 2.17 bits per heavy atom. The van der Waals surface area contributed by atoms with Gasteiger partial charge in [-0.15, -0.1) is 5.10 Å². The van der Waals surface area contributed by atoms with Gasteiger partial charge in [-0.25, -0.2) is 9.97 Å². The standard InChI is InChI=1S/C11H16N6O/c1-8(2)13-6-10-16-17-11(18-10)14-5-9-3-4-12-7-15-9/h3-4,7-8,13H,5-6H2,1-2H3,(H,14,17). The van der Waals surface area contributed by atoms with E-state index in [9.17, 15) is 0 Å². The molecule has 0 fully saturated rings. The summed E-state index contributed by atoms with van der Waals surface area (Å²) in [5, 5.41) is 14.0. The summed E-state index contributed by atoms with van der Waals surface area (Å²) in [6, 6.07) is 2.61. The highest BCUT2D eigenvalue weighted by Crippen LogP contribution is 2.06. The van der Waals surface area contributed by atoms with Gasteiger partial charge < -0.3 is 15.1 Å². The molecule has 2 rings (SSSR count). The first kappa shape index (κ1) is 12.4. The molecule has 0 saturated carbocycles. The Bertz CT molecular complexity index is 469. The van der Waals surface area contributed by atoms with Crippen molar-refractivity contribution in [2.45, 2.75) is 33.0 Å². The van der Waals surface area contributed by atoms with Gasteiger partial charge in [0, 0.05) is 12.2 Å². The quantitative estimate of drug-likeness (QED) is 0.787. The fourth-order valence-electron chi connectivity index (χ4n) is 1.28. The van der Waals surface area contributed by atoms with Crippen LogP contribution in [-0.4, -0.2) is 26.2 Å². The van der Waals surface area contributed by atoms with Crippen molar-refractivity contribution < 1.29 is 4.42 Å². The lowest BCUT2D eigenvalue weighted by Crippen LogP contribution is -2.21. The first-order chi connectivity index (χ1) is 8.74. The first-order valence-corrected chi connectivity index (χ1v) is 5.78. The summed E-state index contributed by atoms with van der Waals surface area (Å²) in [5.41, 5.74) is 0.866. The molecular formula is C11H16N6O. The van der Waals surface area contributed by atoms with Crippen LogP contribution in [0.1, 0.15) is 25.4 Å². The minimum atomic E-state index is 0.384. The summed E-state index contributed by atoms with van der Waals surface area (Å²) in [5.74, 6) is 0.564. The molecule has 0 atom stereocenters. The van der Waals surface area contributed by atoms with Gasteiger partial charge >= 0.3 is 6.01 Å². The highest BCUT2D eigenvalue weighted by atomic mass is 16.4. The largest absolute Gasteiger partial charge is 0.407 e. The third-order valence-electron chi connectivity index (χ3n) is 2.19. The van der Waals surface area contributed by atoms with E-state index in [4.69, 9.17) is 4.42 Å². The molecule has 2 N–H and O–H groups in total. The van der Waals surface area contributed by atoms with Gasteiger partial charge in [-0.3, -0.25) is 0 Å². The highest BCUT2D eigenvalue weighted by Gasteiger charge is 2.06. The summed E-state index contributed by atoms with van der Waals surface area (Å²) >= 11 is 0. The van der Waals surface area contributed by atoms with Crippen molar-refractivity contribution in [1.29, 1.82) is 0 Å². The van der Waals surface area contributed by atoms with Crippen LogP contribution in [-0.2, 0) is 13.1 Å². The molecule has 2 aromatic rings. The fourth-order valence-corrected chi connectivity index (χ4v) is 1.28. The number of rotatable bonds is 6. The number of nitrogens with one attached hydrogen (secondary N) is 2. The number of anilines is 1. The van der Waals surface area contributed by atoms with Gasteiger partial charge in [0.2, 0.25) is 5.89 Å². The minimum Gasteiger partial charge on any atom is -0.407 e. The average molecular weight is 248 g/mol. The van der Waals surface area contributed by atoms with Crippen molar-refractivity contribution >= 4 is 6.01 Å². The molecule has 0 aromatic carbocycles. The van der Waals surface area contributed by atoms with Gasteiger partial charge in [0.05, 0.1) is 18.8 Å². The lowest BCUT2D eigenvalue weighted by Gasteiger charge is -2.03. The molecule has 0 radical (unpaired) electrons. The third-order valence-corrected chi connectivity index (χ3v) is 2.19. The van der Waals surface area contributed by atoms with E-state index in [2.05, 4.69) is 44.6 Å². The van der Waals surface area contributed by atoms with Crippen molar-refractivity contribution in [3.05, 3.63) is 30.2 Å². The lowest BCUT2D eigenvalue weighted by molar-refractivity contribution is 0.458. The molecule has 7 heteroatoms. The van der Waals surface area contributed by atoms with E-state index < -0.39 is 0 Å². The van der Waals surface area contributed by atoms with Crippen LogP contribution in [0.4, 0.5) is 6.01 Å². The molecular weight excluding hydrogens is 232 g/mol. The van der Waals surface area contributed by atoms with Gasteiger partial charge in [-0.2, -0.15) is 0 Å². The Kier molecular flexibility index (Phi) is 4.19. The summed E-state index contributed by atoms with van der Waals surface area (Å²) in [7, 11) is 0. The predicted octanol–water partition coefficient (Wildman–Crippen LogP) is 0.970. The second-order valence-corrected chi connectivity index (χ2v) is 4.09. The molecule has 0 amide bonds. The van der Waals surface area contributed by atoms with Gasteiger partial charge in [0.15, 0.2) is 0 Å². The molecule has 0 aliphatic heterocycles. The third kappa shape index (κ3) is 3.77. The topological polar surface area (TPSA) is 88.8 Å². The van der Waals surface area contributed by atoms with Crippen LogP contribution in [0.3, 0.4) is 0 Å². The Balaban J connectivity index is 1.83. The second-order valence-electron chi connectivity index (χ2n) is 4.09. The van der Waals surface area contributed by atoms with E-state index in [0.29, 0.717) is 31.0 Å². The Labute approximate surface area is 105 Å². The van der Waals surface area contributed by atoms with E-state index in [-0.39, 0.29) is 0 Å². The average Bonchev–Trinajstić information content (AvgIpc) is 2.83. The van der Waals surface area contributed by atoms with E-state index >= 15 is 0 Å². The zero-order valence-corrected chi connectivity index (χ0v) is 10.4. The zero-order valence-electron chi connectivity index (χ0n) is 10.4. The Morgan fingerprint density at radius 1 is 1.28 bits per heavy atom. The van der Waals surface area contributed by atoms with Crippen molar-refractivity contribution in [3.63, 3.8) is 0 Å². The monoisotopic (exact) mass is 248 g/mol. The Morgan fingerprint density at radius 3 is 2.89 bits per heavy atom. The summed E-state index contributed by atoms with van der Waals surface area (Å²) in [4.78, 5) is 7.93. The van der Waals surface area contributed by atoms with Crippen LogP contribution in [0.5, 0.6) is 0 Å². The van der Waals surface area contributed by atoms with Crippen LogP contribution in [0.2, 0.25) is 0 Å². The lowest BCUT2D eigenvalue weighted by atomic mass is 10.4. The Hall–Kier alpha value is -2.02. The summed E-state index contributed by atoms with van der Waals surface area (Å²) in [6.45, 7) is 5.22. The van der Waals surface area contributed by atoms with E-state index in [1.807, 2.05) is 6.07 Å². The minimum absolute atomic E-state index is 0.384. The number of hydrogen-bond donors (Lipinski definition) is 2. The molecule has 0 spiro atoms. The summed E-state index contributed by atoms with van der Waals surface area (Å²) in [6.07, 6.45) is 3.19. The SMILES string of the molecule is CC(C)NCc1nnc(NCc2ccncn2)o1. The second kappa shape index (κ2) is 6.06. The molecule has 2 aromatic heterocycles. The van der Waals surface area contributed by atoms with E-state index in [1.54, 1.807) is 6.20 Å². The zero-order chi connectivity index (χ0) is 12.8. The highest BCUT2D eigenvalue weighted by molar-refractivity contribution is 5.19. The van der Waals surface area contributed by atoms with Crippen LogP contribution in [0, 0.1) is 0 Å². The molecule has 0 saturated heterocycles. The number of nitrogens with zero attached hydrogens (tertiary/aromatic N) is 4. The maximum Gasteiger partial charge on any atom is 0.315 e. The molecule has 0 aliphatic carbocycles. The van der Waals surface area contributed by atoms with Gasteiger partial charge in [-0.05, 0) is 6.07 Å². The number of hydrogen-bond acceptors (Lipinski definition) is 7. The molecule has 96 valence electrons.